The van der Waals surface area contributed by atoms with E-state index < -0.39 is 0 Å². The Morgan fingerprint density at radius 2 is 1.89 bits per heavy atom. The summed E-state index contributed by atoms with van der Waals surface area (Å²) in [6.45, 7) is 4.22. The van der Waals surface area contributed by atoms with Crippen molar-refractivity contribution in [3.8, 4) is 0 Å². The van der Waals surface area contributed by atoms with E-state index in [0.29, 0.717) is 0 Å². The number of nitrogens with zero attached hydrogens (tertiary/aromatic N) is 1. The lowest BCUT2D eigenvalue weighted by molar-refractivity contribution is 0.201. The van der Waals surface area contributed by atoms with Crippen molar-refractivity contribution in [3.63, 3.8) is 0 Å². The summed E-state index contributed by atoms with van der Waals surface area (Å²) < 4.78 is 0. The van der Waals surface area contributed by atoms with Crippen molar-refractivity contribution in [1.82, 2.24) is 10.2 Å². The SMILES string of the molecule is Clc1ccccc1[C@H](c1cccs1)N1CCNCC1. The predicted molar refractivity (Wildman–Crippen MR) is 82.1 cm³/mol. The Kier molecular flexibility index (Phi) is 4.18. The highest BCUT2D eigenvalue weighted by Crippen LogP contribution is 2.35. The van der Waals surface area contributed by atoms with Crippen LogP contribution in [-0.4, -0.2) is 31.1 Å². The van der Waals surface area contributed by atoms with Crippen LogP contribution < -0.4 is 5.32 Å². The van der Waals surface area contributed by atoms with Gasteiger partial charge < -0.3 is 5.32 Å². The molecule has 3 rings (SSSR count). The molecule has 4 heteroatoms. The number of piperazine rings is 1. The minimum atomic E-state index is 0.288. The molecule has 2 heterocycles. The summed E-state index contributed by atoms with van der Waals surface area (Å²) in [5.74, 6) is 0. The first-order valence-corrected chi connectivity index (χ1v) is 7.84. The smallest absolute Gasteiger partial charge is 0.0711 e. The molecule has 19 heavy (non-hydrogen) atoms. The second-order valence-electron chi connectivity index (χ2n) is 4.73. The van der Waals surface area contributed by atoms with Crippen LogP contribution in [-0.2, 0) is 0 Å². The molecule has 1 saturated heterocycles. The molecule has 0 amide bonds. The second kappa shape index (κ2) is 6.06. The highest BCUT2D eigenvalue weighted by atomic mass is 35.5. The summed E-state index contributed by atoms with van der Waals surface area (Å²) >= 11 is 8.22. The first-order chi connectivity index (χ1) is 9.36. The molecule has 1 aliphatic heterocycles. The lowest BCUT2D eigenvalue weighted by Crippen LogP contribution is -2.45. The second-order valence-corrected chi connectivity index (χ2v) is 6.11. The molecule has 0 bridgehead atoms. The molecule has 0 unspecified atom stereocenters. The lowest BCUT2D eigenvalue weighted by Gasteiger charge is -2.35. The molecule has 0 radical (unpaired) electrons. The summed E-state index contributed by atoms with van der Waals surface area (Å²) in [7, 11) is 0. The zero-order chi connectivity index (χ0) is 13.1. The molecule has 1 aliphatic rings. The molecule has 2 aromatic rings. The van der Waals surface area contributed by atoms with Gasteiger partial charge in [-0.15, -0.1) is 11.3 Å². The molecular weight excluding hydrogens is 276 g/mol. The number of hydrogen-bond donors (Lipinski definition) is 1. The molecule has 0 spiro atoms. The summed E-state index contributed by atoms with van der Waals surface area (Å²) in [5, 5.41) is 6.41. The first kappa shape index (κ1) is 13.1. The highest BCUT2D eigenvalue weighted by Gasteiger charge is 2.25. The molecule has 1 aromatic heterocycles. The van der Waals surface area contributed by atoms with Gasteiger partial charge in [-0.3, -0.25) is 4.90 Å². The molecule has 0 aliphatic carbocycles. The van der Waals surface area contributed by atoms with Crippen LogP contribution in [0.5, 0.6) is 0 Å². The maximum atomic E-state index is 6.42. The standard InChI is InChI=1S/C15H17ClN2S/c16-13-5-2-1-4-12(13)15(14-6-3-11-19-14)18-9-7-17-8-10-18/h1-6,11,15,17H,7-10H2/t15-/m1/s1. The van der Waals surface area contributed by atoms with Crippen LogP contribution >= 0.6 is 22.9 Å². The number of benzene rings is 1. The van der Waals surface area contributed by atoms with Crippen LogP contribution in [0.3, 0.4) is 0 Å². The highest BCUT2D eigenvalue weighted by molar-refractivity contribution is 7.10. The summed E-state index contributed by atoms with van der Waals surface area (Å²) in [6.07, 6.45) is 0. The molecule has 1 aromatic carbocycles. The van der Waals surface area contributed by atoms with Gasteiger partial charge in [-0.05, 0) is 23.1 Å². The summed E-state index contributed by atoms with van der Waals surface area (Å²) in [4.78, 5) is 3.89. The Balaban J connectivity index is 1.99. The quantitative estimate of drug-likeness (QED) is 0.933. The average Bonchev–Trinajstić information content (AvgIpc) is 2.96. The number of halogens is 1. The van der Waals surface area contributed by atoms with Gasteiger partial charge in [0.2, 0.25) is 0 Å². The van der Waals surface area contributed by atoms with Crippen molar-refractivity contribution in [2.24, 2.45) is 0 Å². The lowest BCUT2D eigenvalue weighted by atomic mass is 10.0. The van der Waals surface area contributed by atoms with Crippen LogP contribution in [0.2, 0.25) is 5.02 Å². The molecule has 1 atom stereocenters. The zero-order valence-electron chi connectivity index (χ0n) is 10.7. The van der Waals surface area contributed by atoms with E-state index in [-0.39, 0.29) is 6.04 Å². The summed E-state index contributed by atoms with van der Waals surface area (Å²) in [5.41, 5.74) is 1.22. The third kappa shape index (κ3) is 2.84. The van der Waals surface area contributed by atoms with Gasteiger partial charge in [-0.25, -0.2) is 0 Å². The van der Waals surface area contributed by atoms with E-state index >= 15 is 0 Å². The Bertz CT molecular complexity index is 521. The molecule has 1 fully saturated rings. The minimum Gasteiger partial charge on any atom is -0.314 e. The zero-order valence-corrected chi connectivity index (χ0v) is 12.3. The van der Waals surface area contributed by atoms with Gasteiger partial charge in [0.1, 0.15) is 0 Å². The van der Waals surface area contributed by atoms with Gasteiger partial charge in [-0.1, -0.05) is 35.9 Å². The van der Waals surface area contributed by atoms with E-state index in [0.717, 1.165) is 31.2 Å². The summed E-state index contributed by atoms with van der Waals surface area (Å²) in [6, 6.07) is 12.8. The average molecular weight is 293 g/mol. The molecular formula is C15H17ClN2S. The van der Waals surface area contributed by atoms with Crippen LogP contribution in [0.1, 0.15) is 16.5 Å². The Morgan fingerprint density at radius 3 is 2.58 bits per heavy atom. The first-order valence-electron chi connectivity index (χ1n) is 6.59. The number of nitrogens with one attached hydrogen (secondary N) is 1. The molecule has 0 saturated carbocycles. The topological polar surface area (TPSA) is 15.3 Å². The van der Waals surface area contributed by atoms with Crippen molar-refractivity contribution < 1.29 is 0 Å². The maximum Gasteiger partial charge on any atom is 0.0711 e. The predicted octanol–water partition coefficient (Wildman–Crippen LogP) is 3.40. The van der Waals surface area contributed by atoms with Gasteiger partial charge in [0.25, 0.3) is 0 Å². The third-order valence-corrected chi connectivity index (χ3v) is 4.80. The Morgan fingerprint density at radius 1 is 1.11 bits per heavy atom. The van der Waals surface area contributed by atoms with E-state index in [1.54, 1.807) is 0 Å². The van der Waals surface area contributed by atoms with Crippen LogP contribution in [0.15, 0.2) is 41.8 Å². The van der Waals surface area contributed by atoms with Gasteiger partial charge in [0, 0.05) is 36.1 Å². The monoisotopic (exact) mass is 292 g/mol. The van der Waals surface area contributed by atoms with Crippen molar-refractivity contribution in [2.75, 3.05) is 26.2 Å². The normalized spacial score (nSPS) is 18.4. The third-order valence-electron chi connectivity index (χ3n) is 3.53. The number of hydrogen-bond acceptors (Lipinski definition) is 3. The van der Waals surface area contributed by atoms with E-state index in [4.69, 9.17) is 11.6 Å². The van der Waals surface area contributed by atoms with Gasteiger partial charge in [0.05, 0.1) is 6.04 Å². The largest absolute Gasteiger partial charge is 0.314 e. The fraction of sp³-hybridized carbons (Fsp3) is 0.333. The van der Waals surface area contributed by atoms with Gasteiger partial charge in [0.15, 0.2) is 0 Å². The van der Waals surface area contributed by atoms with Gasteiger partial charge >= 0.3 is 0 Å². The van der Waals surface area contributed by atoms with E-state index in [9.17, 15) is 0 Å². The van der Waals surface area contributed by atoms with Gasteiger partial charge in [-0.2, -0.15) is 0 Å². The Hall–Kier alpha value is -0.870. The fourth-order valence-electron chi connectivity index (χ4n) is 2.61. The number of thiophene rings is 1. The maximum absolute atomic E-state index is 6.42. The Labute approximate surface area is 123 Å². The van der Waals surface area contributed by atoms with Crippen LogP contribution in [0, 0.1) is 0 Å². The van der Waals surface area contributed by atoms with Crippen molar-refractivity contribution in [3.05, 3.63) is 57.2 Å². The van der Waals surface area contributed by atoms with Crippen LogP contribution in [0.25, 0.3) is 0 Å². The number of rotatable bonds is 3. The minimum absolute atomic E-state index is 0.288. The van der Waals surface area contributed by atoms with Crippen molar-refractivity contribution in [2.45, 2.75) is 6.04 Å². The van der Waals surface area contributed by atoms with E-state index in [1.165, 1.54) is 10.4 Å². The van der Waals surface area contributed by atoms with Crippen LogP contribution in [0.4, 0.5) is 0 Å². The molecule has 100 valence electrons. The van der Waals surface area contributed by atoms with Crippen molar-refractivity contribution in [1.29, 1.82) is 0 Å². The van der Waals surface area contributed by atoms with E-state index in [1.807, 2.05) is 23.5 Å². The molecule has 2 nitrogen and oxygen atoms in total. The fourth-order valence-corrected chi connectivity index (χ4v) is 3.73. The van der Waals surface area contributed by atoms with Crippen molar-refractivity contribution >= 4 is 22.9 Å². The molecule has 1 N–H and O–H groups in total. The van der Waals surface area contributed by atoms with E-state index in [2.05, 4.69) is 39.9 Å².